The molecule has 1 amide bonds. The summed E-state index contributed by atoms with van der Waals surface area (Å²) in [6, 6.07) is 26.4. The number of fused-ring (bicyclic) bond motifs is 1. The zero-order valence-electron chi connectivity index (χ0n) is 18.3. The Bertz CT molecular complexity index is 1370. The molecule has 0 fully saturated rings. The van der Waals surface area contributed by atoms with Crippen LogP contribution in [0.5, 0.6) is 11.5 Å². The van der Waals surface area contributed by atoms with Gasteiger partial charge in [0, 0.05) is 28.1 Å². The summed E-state index contributed by atoms with van der Waals surface area (Å²) >= 11 is 1.50. The second-order valence-electron chi connectivity index (χ2n) is 7.70. The highest BCUT2D eigenvalue weighted by Gasteiger charge is 2.20. The normalized spacial score (nSPS) is 12.2. The Hall–Kier alpha value is -3.97. The number of aromatic nitrogens is 1. The number of nitrogens with zero attached hydrogens (tertiary/aromatic N) is 1. The largest absolute Gasteiger partial charge is 0.486 e. The highest BCUT2D eigenvalue weighted by molar-refractivity contribution is 7.99. The van der Waals surface area contributed by atoms with Crippen LogP contribution in [0.3, 0.4) is 0 Å². The molecule has 1 N–H and O–H groups in total. The predicted molar refractivity (Wildman–Crippen MR) is 132 cm³/mol. The molecule has 0 unspecified atom stereocenters. The molecule has 0 saturated carbocycles. The van der Waals surface area contributed by atoms with Crippen molar-refractivity contribution in [3.8, 4) is 11.5 Å². The van der Waals surface area contributed by atoms with E-state index < -0.39 is 5.91 Å². The second kappa shape index (κ2) is 9.89. The summed E-state index contributed by atoms with van der Waals surface area (Å²) in [5, 5.41) is 2.92. The molecule has 4 aromatic rings. The molecule has 7 heteroatoms. The third-order valence-corrected chi connectivity index (χ3v) is 6.39. The maximum atomic E-state index is 13.2. The number of hydrogen-bond donors (Lipinski definition) is 1. The number of hydrogen-bond acceptors (Lipinski definition) is 5. The second-order valence-corrected chi connectivity index (χ2v) is 8.82. The molecule has 34 heavy (non-hydrogen) atoms. The van der Waals surface area contributed by atoms with Crippen molar-refractivity contribution in [1.29, 1.82) is 0 Å². The first kappa shape index (κ1) is 21.9. The van der Waals surface area contributed by atoms with Crippen molar-refractivity contribution < 1.29 is 14.3 Å². The van der Waals surface area contributed by atoms with Crippen LogP contribution in [0.1, 0.15) is 15.9 Å². The number of ether oxygens (including phenoxy) is 2. The zero-order valence-corrected chi connectivity index (χ0v) is 19.1. The van der Waals surface area contributed by atoms with Crippen LogP contribution in [-0.4, -0.2) is 23.7 Å². The molecule has 1 aliphatic heterocycles. The minimum absolute atomic E-state index is 0.0731. The molecule has 3 aromatic carbocycles. The lowest BCUT2D eigenvalue weighted by Gasteiger charge is -2.21. The SMILES string of the molecule is O=C(Nc1cc2c(cc1Sc1ccccc1)OCCO2)c1cccn(Cc2ccccc2)c1=O. The van der Waals surface area contributed by atoms with Crippen LogP contribution >= 0.6 is 11.8 Å². The van der Waals surface area contributed by atoms with E-state index >= 15 is 0 Å². The number of nitrogens with one attached hydrogen (secondary N) is 1. The molecule has 1 aliphatic rings. The Labute approximate surface area is 201 Å². The number of pyridine rings is 1. The van der Waals surface area contributed by atoms with E-state index in [9.17, 15) is 9.59 Å². The maximum absolute atomic E-state index is 13.2. The highest BCUT2D eigenvalue weighted by Crippen LogP contribution is 2.42. The van der Waals surface area contributed by atoms with Gasteiger partial charge in [-0.2, -0.15) is 0 Å². The van der Waals surface area contributed by atoms with Crippen LogP contribution in [0.15, 0.2) is 106 Å². The molecule has 0 saturated heterocycles. The monoisotopic (exact) mass is 470 g/mol. The summed E-state index contributed by atoms with van der Waals surface area (Å²) in [5.74, 6) is 0.722. The van der Waals surface area contributed by atoms with Gasteiger partial charge in [-0.1, -0.05) is 60.3 Å². The van der Waals surface area contributed by atoms with Gasteiger partial charge in [-0.05, 0) is 29.8 Å². The topological polar surface area (TPSA) is 69.6 Å². The van der Waals surface area contributed by atoms with Gasteiger partial charge in [-0.25, -0.2) is 0 Å². The number of benzene rings is 3. The van der Waals surface area contributed by atoms with Gasteiger partial charge in [-0.15, -0.1) is 0 Å². The molecule has 5 rings (SSSR count). The quantitative estimate of drug-likeness (QED) is 0.426. The van der Waals surface area contributed by atoms with Gasteiger partial charge in [0.1, 0.15) is 18.8 Å². The van der Waals surface area contributed by atoms with Crippen LogP contribution in [0, 0.1) is 0 Å². The van der Waals surface area contributed by atoms with Gasteiger partial charge in [-0.3, -0.25) is 9.59 Å². The van der Waals surface area contributed by atoms with Crippen molar-refractivity contribution in [2.45, 2.75) is 16.3 Å². The summed E-state index contributed by atoms with van der Waals surface area (Å²) in [7, 11) is 0. The minimum Gasteiger partial charge on any atom is -0.486 e. The van der Waals surface area contributed by atoms with E-state index in [1.54, 1.807) is 24.4 Å². The van der Waals surface area contributed by atoms with Crippen molar-refractivity contribution in [2.24, 2.45) is 0 Å². The summed E-state index contributed by atoms with van der Waals surface area (Å²) < 4.78 is 13.0. The number of anilines is 1. The Morgan fingerprint density at radius 3 is 2.29 bits per heavy atom. The third kappa shape index (κ3) is 4.84. The van der Waals surface area contributed by atoms with Crippen molar-refractivity contribution in [3.63, 3.8) is 0 Å². The molecule has 0 radical (unpaired) electrons. The van der Waals surface area contributed by atoms with E-state index in [4.69, 9.17) is 9.47 Å². The fourth-order valence-electron chi connectivity index (χ4n) is 3.67. The lowest BCUT2D eigenvalue weighted by atomic mass is 10.2. The van der Waals surface area contributed by atoms with Crippen molar-refractivity contribution in [3.05, 3.63) is 113 Å². The molecule has 1 aromatic heterocycles. The number of amides is 1. The molecule has 0 spiro atoms. The Morgan fingerprint density at radius 2 is 1.56 bits per heavy atom. The summed E-state index contributed by atoms with van der Waals surface area (Å²) in [5.41, 5.74) is 1.26. The maximum Gasteiger partial charge on any atom is 0.263 e. The Balaban J connectivity index is 1.45. The minimum atomic E-state index is -0.473. The van der Waals surface area contributed by atoms with Gasteiger partial charge in [0.05, 0.1) is 12.2 Å². The third-order valence-electron chi connectivity index (χ3n) is 5.32. The van der Waals surface area contributed by atoms with E-state index in [1.165, 1.54) is 16.3 Å². The van der Waals surface area contributed by atoms with Crippen LogP contribution < -0.4 is 20.3 Å². The van der Waals surface area contributed by atoms with Gasteiger partial charge < -0.3 is 19.4 Å². The average molecular weight is 471 g/mol. The molecule has 6 nitrogen and oxygen atoms in total. The first-order valence-corrected chi connectivity index (χ1v) is 11.7. The first-order valence-electron chi connectivity index (χ1n) is 10.9. The van der Waals surface area contributed by atoms with E-state index in [2.05, 4.69) is 5.32 Å². The molecular weight excluding hydrogens is 448 g/mol. The Morgan fingerprint density at radius 1 is 0.882 bits per heavy atom. The predicted octanol–water partition coefficient (Wildman–Crippen LogP) is 5.07. The summed E-state index contributed by atoms with van der Waals surface area (Å²) in [6.45, 7) is 1.30. The Kier molecular flexibility index (Phi) is 6.35. The van der Waals surface area contributed by atoms with Crippen molar-refractivity contribution in [1.82, 2.24) is 4.57 Å². The highest BCUT2D eigenvalue weighted by atomic mass is 32.2. The van der Waals surface area contributed by atoms with Gasteiger partial charge in [0.25, 0.3) is 11.5 Å². The van der Waals surface area contributed by atoms with Crippen LogP contribution in [0.4, 0.5) is 5.69 Å². The summed E-state index contributed by atoms with van der Waals surface area (Å²) in [6.07, 6.45) is 1.69. The molecule has 0 atom stereocenters. The fraction of sp³-hybridized carbons (Fsp3) is 0.111. The van der Waals surface area contributed by atoms with Crippen LogP contribution in [0.2, 0.25) is 0 Å². The van der Waals surface area contributed by atoms with Gasteiger partial charge in [0.2, 0.25) is 0 Å². The fourth-order valence-corrected chi connectivity index (χ4v) is 4.60. The standard InChI is InChI=1S/C27H22N2O4S/c30-26(21-12-7-13-29(27(21)31)18-19-8-3-1-4-9-19)28-22-16-23-24(33-15-14-32-23)17-25(22)34-20-10-5-2-6-11-20/h1-13,16-17H,14-15,18H2,(H,28,30). The van der Waals surface area contributed by atoms with E-state index in [1.807, 2.05) is 66.7 Å². The molecule has 0 aliphatic carbocycles. The molecule has 2 heterocycles. The molecule has 170 valence electrons. The van der Waals surface area contributed by atoms with E-state index in [-0.39, 0.29) is 11.1 Å². The lowest BCUT2D eigenvalue weighted by molar-refractivity contribution is 0.102. The van der Waals surface area contributed by atoms with E-state index in [0.29, 0.717) is 36.9 Å². The molecule has 0 bridgehead atoms. The first-order chi connectivity index (χ1) is 16.7. The number of carbonyl (C=O) groups is 1. The average Bonchev–Trinajstić information content (AvgIpc) is 2.87. The number of rotatable bonds is 6. The van der Waals surface area contributed by atoms with Gasteiger partial charge >= 0.3 is 0 Å². The van der Waals surface area contributed by atoms with Gasteiger partial charge in [0.15, 0.2) is 11.5 Å². The van der Waals surface area contributed by atoms with Crippen molar-refractivity contribution in [2.75, 3.05) is 18.5 Å². The molecular formula is C27H22N2O4S. The summed E-state index contributed by atoms with van der Waals surface area (Å²) in [4.78, 5) is 28.1. The van der Waals surface area contributed by atoms with Crippen LogP contribution in [-0.2, 0) is 6.54 Å². The van der Waals surface area contributed by atoms with E-state index in [0.717, 1.165) is 15.4 Å². The van der Waals surface area contributed by atoms with Crippen molar-refractivity contribution >= 4 is 23.4 Å². The zero-order chi connectivity index (χ0) is 23.3. The lowest BCUT2D eigenvalue weighted by Crippen LogP contribution is -2.29. The van der Waals surface area contributed by atoms with Crippen LogP contribution in [0.25, 0.3) is 0 Å². The smallest absolute Gasteiger partial charge is 0.263 e. The number of carbonyl (C=O) groups excluding carboxylic acids is 1.